The van der Waals surface area contributed by atoms with Gasteiger partial charge >= 0.3 is 0 Å². The molecule has 0 atom stereocenters. The van der Waals surface area contributed by atoms with Crippen LogP contribution in [0.25, 0.3) is 0 Å². The Balaban J connectivity index is 0.000001000. The Kier molecular flexibility index (Phi) is 5.62. The van der Waals surface area contributed by atoms with Gasteiger partial charge in [0, 0.05) is 32.7 Å². The maximum atomic E-state index is 10.2. The molecule has 2 heteroatoms. The van der Waals surface area contributed by atoms with E-state index in [1.807, 2.05) is 6.07 Å². The van der Waals surface area contributed by atoms with Gasteiger partial charge in [-0.3, -0.25) is 0 Å². The number of hydrogen-bond acceptors (Lipinski definition) is 1. The van der Waals surface area contributed by atoms with E-state index in [0.29, 0.717) is 5.56 Å². The van der Waals surface area contributed by atoms with Crippen LogP contribution in [-0.4, -0.2) is 6.29 Å². The molecule has 0 heterocycles. The van der Waals surface area contributed by atoms with E-state index in [0.717, 1.165) is 18.3 Å². The Morgan fingerprint density at radius 2 is 2.27 bits per heavy atom. The number of hydrogen-bond donors (Lipinski definition) is 0. The van der Waals surface area contributed by atoms with Gasteiger partial charge in [-0.2, -0.15) is 36.2 Å². The molecule has 0 N–H and O–H groups in total. The van der Waals surface area contributed by atoms with Crippen LogP contribution in [0.5, 0.6) is 0 Å². The molecule has 0 bridgehead atoms. The van der Waals surface area contributed by atoms with Crippen molar-refractivity contribution in [1.82, 2.24) is 0 Å². The first kappa shape index (κ1) is 11.0. The van der Waals surface area contributed by atoms with Crippen LogP contribution in [-0.2, 0) is 39.1 Å². The zero-order chi connectivity index (χ0) is 7.40. The molecular weight excluding hydrogens is 213 g/mol. The minimum Gasteiger partial charge on any atom is -0.341 e. The minimum atomic E-state index is 0. The molecule has 0 fully saturated rings. The van der Waals surface area contributed by atoms with Gasteiger partial charge < -0.3 is 11.7 Å². The van der Waals surface area contributed by atoms with Crippen molar-refractivity contribution >= 4 is 6.29 Å². The molecule has 1 aromatic carbocycles. The molecule has 0 aliphatic rings. The standard InChI is InChI=1S/C9H8O.Y/c1-2-8-3-5-9(7-10)6-4-8;/h3,5-7H,1-2H2;/q-2;. The molecule has 11 heavy (non-hydrogen) atoms. The molecule has 0 aliphatic heterocycles. The van der Waals surface area contributed by atoms with Gasteiger partial charge in [-0.25, -0.2) is 0 Å². The summed E-state index contributed by atoms with van der Waals surface area (Å²) in [6.45, 7) is 3.69. The van der Waals surface area contributed by atoms with Gasteiger partial charge in [-0.1, -0.05) is 5.56 Å². The maximum absolute atomic E-state index is 10.2. The van der Waals surface area contributed by atoms with Crippen molar-refractivity contribution in [1.29, 1.82) is 0 Å². The third-order valence-electron chi connectivity index (χ3n) is 1.31. The first-order chi connectivity index (χ1) is 4.86. The third-order valence-corrected chi connectivity index (χ3v) is 1.31. The fourth-order valence-electron chi connectivity index (χ4n) is 0.698. The topological polar surface area (TPSA) is 17.1 Å². The molecule has 0 saturated heterocycles. The average Bonchev–Trinajstić information content (AvgIpc) is 2.05. The van der Waals surface area contributed by atoms with E-state index in [1.54, 1.807) is 12.1 Å². The minimum absolute atomic E-state index is 0. The van der Waals surface area contributed by atoms with E-state index >= 15 is 0 Å². The Bertz CT molecular complexity index is 216. The van der Waals surface area contributed by atoms with Crippen LogP contribution < -0.4 is 0 Å². The van der Waals surface area contributed by atoms with Crippen molar-refractivity contribution in [2.24, 2.45) is 0 Å². The molecule has 0 unspecified atom stereocenters. The number of carbonyl (C=O) groups excluding carboxylic acids is 1. The fourth-order valence-corrected chi connectivity index (χ4v) is 0.698. The summed E-state index contributed by atoms with van der Waals surface area (Å²) in [4.78, 5) is 10.2. The first-order valence-electron chi connectivity index (χ1n) is 3.12. The zero-order valence-corrected chi connectivity index (χ0v) is 9.05. The summed E-state index contributed by atoms with van der Waals surface area (Å²) in [7, 11) is 0. The van der Waals surface area contributed by atoms with Crippen molar-refractivity contribution in [2.75, 3.05) is 0 Å². The van der Waals surface area contributed by atoms with Crippen LogP contribution in [0.3, 0.4) is 0 Å². The van der Waals surface area contributed by atoms with Crippen LogP contribution in [0.15, 0.2) is 18.2 Å². The van der Waals surface area contributed by atoms with Crippen molar-refractivity contribution in [3.63, 3.8) is 0 Å². The summed E-state index contributed by atoms with van der Waals surface area (Å²) < 4.78 is 0. The van der Waals surface area contributed by atoms with E-state index in [4.69, 9.17) is 0 Å². The summed E-state index contributed by atoms with van der Waals surface area (Å²) in [5, 5.41) is 0. The van der Waals surface area contributed by atoms with Gasteiger partial charge in [0.1, 0.15) is 0 Å². The Hall–Kier alpha value is -0.00610. The van der Waals surface area contributed by atoms with Crippen molar-refractivity contribution in [3.8, 4) is 0 Å². The van der Waals surface area contributed by atoms with Gasteiger partial charge in [-0.05, 0) is 0 Å². The van der Waals surface area contributed by atoms with E-state index in [-0.39, 0.29) is 32.7 Å². The van der Waals surface area contributed by atoms with E-state index in [9.17, 15) is 4.79 Å². The Morgan fingerprint density at radius 3 is 2.64 bits per heavy atom. The van der Waals surface area contributed by atoms with Gasteiger partial charge in [-0.15, -0.1) is 0 Å². The molecule has 0 aromatic heterocycles. The summed E-state index contributed by atoms with van der Waals surface area (Å²) in [6, 6.07) is 8.24. The SMILES string of the molecule is [CH2-]Cc1[c-]cc(C=O)cc1.[Y]. The number of benzene rings is 1. The second kappa shape index (κ2) is 5.62. The van der Waals surface area contributed by atoms with Gasteiger partial charge in [0.05, 0.1) is 6.29 Å². The van der Waals surface area contributed by atoms with Crippen LogP contribution >= 0.6 is 0 Å². The van der Waals surface area contributed by atoms with Crippen molar-refractivity contribution in [3.05, 3.63) is 42.3 Å². The summed E-state index contributed by atoms with van der Waals surface area (Å²) in [5.74, 6) is 0. The molecule has 1 radical (unpaired) electrons. The number of aldehydes is 1. The third kappa shape index (κ3) is 3.26. The Morgan fingerprint density at radius 1 is 1.55 bits per heavy atom. The van der Waals surface area contributed by atoms with Crippen molar-refractivity contribution < 1.29 is 37.5 Å². The summed E-state index contributed by atoms with van der Waals surface area (Å²) >= 11 is 0. The summed E-state index contributed by atoms with van der Waals surface area (Å²) in [6.07, 6.45) is 1.53. The molecule has 1 rings (SSSR count). The molecule has 0 spiro atoms. The van der Waals surface area contributed by atoms with Crippen LogP contribution in [0.2, 0.25) is 0 Å². The van der Waals surface area contributed by atoms with E-state index in [2.05, 4.69) is 13.0 Å². The van der Waals surface area contributed by atoms with Crippen LogP contribution in [0, 0.1) is 13.0 Å². The second-order valence-corrected chi connectivity index (χ2v) is 2.02. The average molecular weight is 221 g/mol. The Labute approximate surface area is 92.1 Å². The van der Waals surface area contributed by atoms with E-state index < -0.39 is 0 Å². The zero-order valence-electron chi connectivity index (χ0n) is 6.21. The molecule has 1 aromatic rings. The van der Waals surface area contributed by atoms with Gasteiger partial charge in [0.25, 0.3) is 0 Å². The normalized spacial score (nSPS) is 8.45. The number of rotatable bonds is 2. The van der Waals surface area contributed by atoms with Crippen LogP contribution in [0.4, 0.5) is 0 Å². The first-order valence-corrected chi connectivity index (χ1v) is 3.12. The predicted octanol–water partition coefficient (Wildman–Crippen LogP) is 1.67. The van der Waals surface area contributed by atoms with Gasteiger partial charge in [0.15, 0.2) is 0 Å². The molecule has 1 nitrogen and oxygen atoms in total. The van der Waals surface area contributed by atoms with Gasteiger partial charge in [0.2, 0.25) is 0 Å². The smallest absolute Gasteiger partial charge is 0.0950 e. The predicted molar refractivity (Wildman–Crippen MR) is 39.7 cm³/mol. The molecule has 55 valence electrons. The monoisotopic (exact) mass is 221 g/mol. The van der Waals surface area contributed by atoms with Crippen molar-refractivity contribution in [2.45, 2.75) is 6.42 Å². The fraction of sp³-hybridized carbons (Fsp3) is 0.111. The quantitative estimate of drug-likeness (QED) is 0.548. The number of carbonyl (C=O) groups is 1. The second-order valence-electron chi connectivity index (χ2n) is 2.02. The largest absolute Gasteiger partial charge is 0.341 e. The molecule has 0 amide bonds. The van der Waals surface area contributed by atoms with Crippen LogP contribution in [0.1, 0.15) is 15.9 Å². The van der Waals surface area contributed by atoms with E-state index in [1.165, 1.54) is 0 Å². The molecule has 0 saturated carbocycles. The summed E-state index contributed by atoms with van der Waals surface area (Å²) in [5.41, 5.74) is 1.70. The maximum Gasteiger partial charge on any atom is 0.0950 e. The molecule has 0 aliphatic carbocycles. The molecular formula is C9H8OY-2.